The van der Waals surface area contributed by atoms with Crippen LogP contribution in [0.4, 0.5) is 0 Å². The average Bonchev–Trinajstić information content (AvgIpc) is 3.24. The molecule has 0 bridgehead atoms. The highest BCUT2D eigenvalue weighted by atomic mass is 32.1. The molecule has 4 rings (SSSR count). The Morgan fingerprint density at radius 2 is 1.27 bits per heavy atom. The van der Waals surface area contributed by atoms with Gasteiger partial charge in [0, 0.05) is 17.8 Å². The molecule has 3 heterocycles. The van der Waals surface area contributed by atoms with Crippen LogP contribution in [0.15, 0.2) is 54.3 Å². The lowest BCUT2D eigenvalue weighted by Crippen LogP contribution is -1.88. The normalized spacial score (nSPS) is 9.67. The lowest BCUT2D eigenvalue weighted by atomic mass is 10.0. The molecule has 0 fully saturated rings. The van der Waals surface area contributed by atoms with Crippen LogP contribution >= 0.6 is 11.3 Å². The monoisotopic (exact) mass is 425 g/mol. The Balaban J connectivity index is 0.000000469. The number of thiazole rings is 1. The van der Waals surface area contributed by atoms with Crippen LogP contribution in [-0.4, -0.2) is 15.0 Å². The van der Waals surface area contributed by atoms with E-state index in [0.717, 1.165) is 15.9 Å². The zero-order valence-electron chi connectivity index (χ0n) is 19.1. The lowest BCUT2D eigenvalue weighted by molar-refractivity contribution is 0.862. The van der Waals surface area contributed by atoms with E-state index >= 15 is 0 Å². The molecule has 0 saturated carbocycles. The van der Waals surface area contributed by atoms with Crippen LogP contribution in [0.25, 0.3) is 21.3 Å². The molecule has 0 saturated heterocycles. The number of nitrogens with zero attached hydrogens (tertiary/aromatic N) is 3. The van der Waals surface area contributed by atoms with Gasteiger partial charge in [-0.2, -0.15) is 0 Å². The molecule has 4 aromatic rings. The fourth-order valence-electron chi connectivity index (χ4n) is 2.49. The van der Waals surface area contributed by atoms with Gasteiger partial charge in [-0.15, -0.1) is 11.3 Å². The summed E-state index contributed by atoms with van der Waals surface area (Å²) in [7, 11) is 0. The Labute approximate surface area is 187 Å². The van der Waals surface area contributed by atoms with Crippen molar-refractivity contribution < 1.29 is 0 Å². The van der Waals surface area contributed by atoms with Crippen LogP contribution in [-0.2, 0) is 0 Å². The number of hydrogen-bond donors (Lipinski definition) is 0. The first-order chi connectivity index (χ1) is 14.0. The molecule has 0 amide bonds. The third kappa shape index (κ3) is 7.83. The summed E-state index contributed by atoms with van der Waals surface area (Å²) in [4.78, 5) is 14.0. The van der Waals surface area contributed by atoms with Crippen molar-refractivity contribution in [2.24, 2.45) is 0 Å². The molecule has 0 aliphatic carbocycles. The Kier molecular flexibility index (Phi) is 13.5. The number of hydrogen-bond acceptors (Lipinski definition) is 4. The average molecular weight is 426 g/mol. The van der Waals surface area contributed by atoms with Crippen LogP contribution < -0.4 is 0 Å². The van der Waals surface area contributed by atoms with Crippen molar-refractivity contribution in [1.82, 2.24) is 15.0 Å². The van der Waals surface area contributed by atoms with Crippen LogP contribution in [0.2, 0.25) is 0 Å². The molecule has 0 N–H and O–H groups in total. The minimum atomic E-state index is 0. The number of fused-ring (bicyclic) bond motifs is 2. The first-order valence-electron chi connectivity index (χ1n) is 10.6. The molecule has 0 spiro atoms. The van der Waals surface area contributed by atoms with Gasteiger partial charge in [-0.25, -0.2) is 9.97 Å². The number of benzene rings is 1. The summed E-state index contributed by atoms with van der Waals surface area (Å²) in [5, 5.41) is 1.23. The Hall–Kier alpha value is -2.33. The highest BCUT2D eigenvalue weighted by Gasteiger charge is 2.03. The standard InChI is InChI=1S/C12H13N.C9H10N2S.2C2H6.CH4/c1-9(2)11-7-10-5-3-4-6-12(10)13-8-11;1-6(2)7-3-8-9(10-4-7)12-5-11-8;2*1-2;/h3-9H,1-2H3;3-6H,1-2H3;2*1-2H3;1H4. The molecule has 1 aromatic carbocycles. The number of aromatic nitrogens is 3. The van der Waals surface area contributed by atoms with Gasteiger partial charge in [-0.3, -0.25) is 4.98 Å². The summed E-state index contributed by atoms with van der Waals surface area (Å²) in [5.41, 5.74) is 6.49. The van der Waals surface area contributed by atoms with Crippen LogP contribution in [0.3, 0.4) is 0 Å². The van der Waals surface area contributed by atoms with Gasteiger partial charge in [0.25, 0.3) is 0 Å². The van der Waals surface area contributed by atoms with Gasteiger partial charge in [-0.1, -0.05) is 81.0 Å². The van der Waals surface area contributed by atoms with E-state index in [2.05, 4.69) is 60.8 Å². The van der Waals surface area contributed by atoms with Gasteiger partial charge in [0.2, 0.25) is 0 Å². The second-order valence-electron chi connectivity index (χ2n) is 6.72. The fourth-order valence-corrected chi connectivity index (χ4v) is 3.10. The molecule has 0 radical (unpaired) electrons. The van der Waals surface area contributed by atoms with Crippen molar-refractivity contribution in [3.05, 3.63) is 65.4 Å². The minimum Gasteiger partial charge on any atom is -0.256 e. The number of pyridine rings is 2. The maximum absolute atomic E-state index is 4.40. The van der Waals surface area contributed by atoms with Gasteiger partial charge in [0.1, 0.15) is 10.3 Å². The van der Waals surface area contributed by atoms with Crippen molar-refractivity contribution >= 4 is 32.6 Å². The van der Waals surface area contributed by atoms with Crippen molar-refractivity contribution in [2.45, 2.75) is 74.7 Å². The van der Waals surface area contributed by atoms with Crippen LogP contribution in [0, 0.1) is 0 Å². The number of rotatable bonds is 2. The summed E-state index contributed by atoms with van der Waals surface area (Å²) < 4.78 is 0. The summed E-state index contributed by atoms with van der Waals surface area (Å²) in [6.07, 6.45) is 3.90. The molecule has 0 aliphatic heterocycles. The predicted octanol–water partition coefficient (Wildman–Crippen LogP) is 8.86. The van der Waals surface area contributed by atoms with Crippen molar-refractivity contribution in [1.29, 1.82) is 0 Å². The zero-order valence-corrected chi connectivity index (χ0v) is 19.9. The van der Waals surface area contributed by atoms with E-state index in [1.807, 2.05) is 63.8 Å². The summed E-state index contributed by atoms with van der Waals surface area (Å²) >= 11 is 1.59. The van der Waals surface area contributed by atoms with Crippen molar-refractivity contribution in [3.63, 3.8) is 0 Å². The summed E-state index contributed by atoms with van der Waals surface area (Å²) in [6.45, 7) is 16.7. The zero-order chi connectivity index (χ0) is 21.8. The topological polar surface area (TPSA) is 38.7 Å². The van der Waals surface area contributed by atoms with Gasteiger partial charge in [0.05, 0.1) is 11.0 Å². The van der Waals surface area contributed by atoms with Gasteiger partial charge < -0.3 is 0 Å². The minimum absolute atomic E-state index is 0. The first kappa shape index (κ1) is 27.7. The van der Waals surface area contributed by atoms with E-state index in [-0.39, 0.29) is 7.43 Å². The molecule has 0 atom stereocenters. The largest absolute Gasteiger partial charge is 0.256 e. The first-order valence-corrected chi connectivity index (χ1v) is 11.5. The fraction of sp³-hybridized carbons (Fsp3) is 0.423. The number of para-hydroxylation sites is 1. The quantitative estimate of drug-likeness (QED) is 0.322. The van der Waals surface area contributed by atoms with E-state index in [0.29, 0.717) is 11.8 Å². The molecule has 3 nitrogen and oxygen atoms in total. The summed E-state index contributed by atoms with van der Waals surface area (Å²) in [6, 6.07) is 12.5. The van der Waals surface area contributed by atoms with E-state index in [1.54, 1.807) is 11.3 Å². The molecule has 3 aromatic heterocycles. The van der Waals surface area contributed by atoms with Gasteiger partial charge >= 0.3 is 0 Å². The highest BCUT2D eigenvalue weighted by molar-refractivity contribution is 7.16. The predicted molar refractivity (Wildman–Crippen MR) is 137 cm³/mol. The molecule has 0 unspecified atom stereocenters. The van der Waals surface area contributed by atoms with E-state index < -0.39 is 0 Å². The molecule has 4 heteroatoms. The second-order valence-corrected chi connectivity index (χ2v) is 7.55. The van der Waals surface area contributed by atoms with Gasteiger partial charge in [-0.05, 0) is 41.2 Å². The van der Waals surface area contributed by atoms with E-state index in [4.69, 9.17) is 0 Å². The van der Waals surface area contributed by atoms with E-state index in [1.165, 1.54) is 16.5 Å². The Morgan fingerprint density at radius 1 is 0.700 bits per heavy atom. The summed E-state index contributed by atoms with van der Waals surface area (Å²) in [5.74, 6) is 1.08. The maximum Gasteiger partial charge on any atom is 0.143 e. The smallest absolute Gasteiger partial charge is 0.143 e. The molecule has 30 heavy (non-hydrogen) atoms. The second kappa shape index (κ2) is 14.6. The van der Waals surface area contributed by atoms with Crippen LogP contribution in [0.1, 0.15) is 85.8 Å². The molecule has 0 aliphatic rings. The highest BCUT2D eigenvalue weighted by Crippen LogP contribution is 2.20. The van der Waals surface area contributed by atoms with Crippen molar-refractivity contribution in [3.8, 4) is 0 Å². The lowest BCUT2D eigenvalue weighted by Gasteiger charge is -2.05. The molecular formula is C26H39N3S. The third-order valence-electron chi connectivity index (χ3n) is 4.15. The maximum atomic E-state index is 4.40. The van der Waals surface area contributed by atoms with E-state index in [9.17, 15) is 0 Å². The molecule has 164 valence electrons. The Morgan fingerprint density at radius 3 is 1.90 bits per heavy atom. The van der Waals surface area contributed by atoms with Crippen molar-refractivity contribution in [2.75, 3.05) is 0 Å². The van der Waals surface area contributed by atoms with Gasteiger partial charge in [0.15, 0.2) is 0 Å². The molecular weight excluding hydrogens is 386 g/mol. The SMILES string of the molecule is C.CC.CC.CC(C)c1cnc2ccccc2c1.CC(C)c1cnc2scnc2c1. The Bertz CT molecular complexity index is 974. The van der Waals surface area contributed by atoms with Crippen LogP contribution in [0.5, 0.6) is 0 Å². The third-order valence-corrected chi connectivity index (χ3v) is 4.90.